The summed E-state index contributed by atoms with van der Waals surface area (Å²) >= 11 is 1.51. The first kappa shape index (κ1) is 16.4. The summed E-state index contributed by atoms with van der Waals surface area (Å²) in [6, 6.07) is 0. The SMILES string of the molecule is CC(C)c1csc(NC(=O)CC2CCNCC2)n1.Cl. The van der Waals surface area contributed by atoms with E-state index in [1.807, 2.05) is 5.38 Å². The van der Waals surface area contributed by atoms with E-state index in [4.69, 9.17) is 0 Å². The third-order valence-electron chi connectivity index (χ3n) is 3.29. The number of halogens is 1. The molecular formula is C13H22ClN3OS. The zero-order valence-electron chi connectivity index (χ0n) is 11.4. The van der Waals surface area contributed by atoms with Crippen LogP contribution in [0.1, 0.15) is 44.7 Å². The van der Waals surface area contributed by atoms with Crippen LogP contribution < -0.4 is 10.6 Å². The van der Waals surface area contributed by atoms with Crippen molar-refractivity contribution in [3.63, 3.8) is 0 Å². The molecule has 0 atom stereocenters. The second-order valence-corrected chi connectivity index (χ2v) is 6.04. The van der Waals surface area contributed by atoms with Crippen molar-refractivity contribution in [2.45, 2.75) is 39.0 Å². The Kier molecular flexibility index (Phi) is 6.75. The van der Waals surface area contributed by atoms with Gasteiger partial charge in [0.15, 0.2) is 5.13 Å². The molecular weight excluding hydrogens is 282 g/mol. The van der Waals surface area contributed by atoms with Crippen molar-refractivity contribution in [2.24, 2.45) is 5.92 Å². The van der Waals surface area contributed by atoms with Crippen LogP contribution in [0.15, 0.2) is 5.38 Å². The molecule has 0 unspecified atom stereocenters. The molecule has 0 aromatic carbocycles. The number of hydrogen-bond acceptors (Lipinski definition) is 4. The molecule has 4 nitrogen and oxygen atoms in total. The smallest absolute Gasteiger partial charge is 0.226 e. The van der Waals surface area contributed by atoms with Gasteiger partial charge in [-0.2, -0.15) is 0 Å². The Labute approximate surface area is 124 Å². The van der Waals surface area contributed by atoms with Crippen LogP contribution in [0.4, 0.5) is 5.13 Å². The molecule has 108 valence electrons. The Bertz CT molecular complexity index is 402. The number of rotatable bonds is 4. The summed E-state index contributed by atoms with van der Waals surface area (Å²) in [6.45, 7) is 6.28. The zero-order valence-corrected chi connectivity index (χ0v) is 13.1. The lowest BCUT2D eigenvalue weighted by Crippen LogP contribution is -2.30. The van der Waals surface area contributed by atoms with Crippen molar-refractivity contribution in [2.75, 3.05) is 18.4 Å². The van der Waals surface area contributed by atoms with Crippen molar-refractivity contribution in [3.8, 4) is 0 Å². The number of anilines is 1. The van der Waals surface area contributed by atoms with E-state index >= 15 is 0 Å². The van der Waals surface area contributed by atoms with Gasteiger partial charge in [-0.3, -0.25) is 4.79 Å². The maximum atomic E-state index is 11.9. The fraction of sp³-hybridized carbons (Fsp3) is 0.692. The van der Waals surface area contributed by atoms with Crippen molar-refractivity contribution in [1.82, 2.24) is 10.3 Å². The molecule has 1 fully saturated rings. The minimum atomic E-state index is 0. The van der Waals surface area contributed by atoms with Gasteiger partial charge in [-0.1, -0.05) is 13.8 Å². The highest BCUT2D eigenvalue weighted by Gasteiger charge is 2.17. The number of thiazole rings is 1. The summed E-state index contributed by atoms with van der Waals surface area (Å²) in [6.07, 6.45) is 2.82. The summed E-state index contributed by atoms with van der Waals surface area (Å²) in [5, 5.41) is 8.98. The van der Waals surface area contributed by atoms with E-state index < -0.39 is 0 Å². The van der Waals surface area contributed by atoms with Crippen LogP contribution in [0.3, 0.4) is 0 Å². The van der Waals surface area contributed by atoms with Gasteiger partial charge < -0.3 is 10.6 Å². The lowest BCUT2D eigenvalue weighted by atomic mass is 9.94. The van der Waals surface area contributed by atoms with Crippen molar-refractivity contribution in [3.05, 3.63) is 11.1 Å². The topological polar surface area (TPSA) is 54.0 Å². The molecule has 1 aliphatic heterocycles. The highest BCUT2D eigenvalue weighted by molar-refractivity contribution is 7.13. The van der Waals surface area contributed by atoms with E-state index in [0.717, 1.165) is 36.8 Å². The summed E-state index contributed by atoms with van der Waals surface area (Å²) < 4.78 is 0. The highest BCUT2D eigenvalue weighted by atomic mass is 35.5. The van der Waals surface area contributed by atoms with Crippen LogP contribution in [0.5, 0.6) is 0 Å². The number of aromatic nitrogens is 1. The lowest BCUT2D eigenvalue weighted by Gasteiger charge is -2.21. The summed E-state index contributed by atoms with van der Waals surface area (Å²) in [7, 11) is 0. The fourth-order valence-corrected chi connectivity index (χ4v) is 3.02. The molecule has 1 aromatic rings. The van der Waals surface area contributed by atoms with Crippen LogP contribution in [-0.4, -0.2) is 24.0 Å². The van der Waals surface area contributed by atoms with Gasteiger partial charge in [-0.05, 0) is 37.8 Å². The van der Waals surface area contributed by atoms with Gasteiger partial charge in [-0.25, -0.2) is 4.98 Å². The van der Waals surface area contributed by atoms with E-state index in [1.165, 1.54) is 11.3 Å². The highest BCUT2D eigenvalue weighted by Crippen LogP contribution is 2.22. The molecule has 19 heavy (non-hydrogen) atoms. The zero-order chi connectivity index (χ0) is 13.0. The first-order chi connectivity index (χ1) is 8.65. The maximum Gasteiger partial charge on any atom is 0.226 e. The fourth-order valence-electron chi connectivity index (χ4n) is 2.13. The van der Waals surface area contributed by atoms with Gasteiger partial charge in [-0.15, -0.1) is 23.7 Å². The Hall–Kier alpha value is -0.650. The monoisotopic (exact) mass is 303 g/mol. The average Bonchev–Trinajstić information content (AvgIpc) is 2.78. The molecule has 0 spiro atoms. The lowest BCUT2D eigenvalue weighted by molar-refractivity contribution is -0.117. The number of piperidine rings is 1. The molecule has 6 heteroatoms. The number of carbonyl (C=O) groups is 1. The molecule has 1 aromatic heterocycles. The number of amides is 1. The third kappa shape index (κ3) is 5.09. The Balaban J connectivity index is 0.00000180. The minimum Gasteiger partial charge on any atom is -0.317 e. The minimum absolute atomic E-state index is 0. The van der Waals surface area contributed by atoms with Gasteiger partial charge in [0.2, 0.25) is 5.91 Å². The van der Waals surface area contributed by atoms with Gasteiger partial charge in [0.25, 0.3) is 0 Å². The van der Waals surface area contributed by atoms with Gasteiger partial charge in [0.1, 0.15) is 0 Å². The van der Waals surface area contributed by atoms with Crippen LogP contribution in [0.25, 0.3) is 0 Å². The third-order valence-corrected chi connectivity index (χ3v) is 4.07. The number of hydrogen-bond donors (Lipinski definition) is 2. The quantitative estimate of drug-likeness (QED) is 0.899. The molecule has 2 heterocycles. The van der Waals surface area contributed by atoms with Crippen LogP contribution in [0, 0.1) is 5.92 Å². The molecule has 0 saturated carbocycles. The summed E-state index contributed by atoms with van der Waals surface area (Å²) in [5.74, 6) is 1.04. The largest absolute Gasteiger partial charge is 0.317 e. The van der Waals surface area contributed by atoms with Crippen LogP contribution >= 0.6 is 23.7 Å². The van der Waals surface area contributed by atoms with Crippen molar-refractivity contribution in [1.29, 1.82) is 0 Å². The van der Waals surface area contributed by atoms with E-state index in [0.29, 0.717) is 18.3 Å². The first-order valence-electron chi connectivity index (χ1n) is 6.61. The van der Waals surface area contributed by atoms with E-state index in [2.05, 4.69) is 29.5 Å². The second-order valence-electron chi connectivity index (χ2n) is 5.18. The molecule has 0 bridgehead atoms. The first-order valence-corrected chi connectivity index (χ1v) is 7.49. The van der Waals surface area contributed by atoms with Gasteiger partial charge in [0.05, 0.1) is 5.69 Å². The summed E-state index contributed by atoms with van der Waals surface area (Å²) in [4.78, 5) is 16.3. The predicted molar refractivity (Wildman–Crippen MR) is 82.3 cm³/mol. The number of carbonyl (C=O) groups excluding carboxylic acids is 1. The average molecular weight is 304 g/mol. The molecule has 1 aliphatic rings. The summed E-state index contributed by atoms with van der Waals surface area (Å²) in [5.41, 5.74) is 1.05. The maximum absolute atomic E-state index is 11.9. The normalized spacial score (nSPS) is 16.2. The van der Waals surface area contributed by atoms with Crippen molar-refractivity contribution < 1.29 is 4.79 Å². The van der Waals surface area contributed by atoms with Gasteiger partial charge >= 0.3 is 0 Å². The van der Waals surface area contributed by atoms with Crippen LogP contribution in [0.2, 0.25) is 0 Å². The Morgan fingerprint density at radius 1 is 1.53 bits per heavy atom. The van der Waals surface area contributed by atoms with E-state index in [9.17, 15) is 4.79 Å². The standard InChI is InChI=1S/C13H21N3OS.ClH/c1-9(2)11-8-18-13(15-11)16-12(17)7-10-3-5-14-6-4-10;/h8-10,14H,3-7H2,1-2H3,(H,15,16,17);1H. The molecule has 2 N–H and O–H groups in total. The molecule has 0 radical (unpaired) electrons. The molecule has 2 rings (SSSR count). The number of nitrogens with one attached hydrogen (secondary N) is 2. The molecule has 1 amide bonds. The number of nitrogens with zero attached hydrogens (tertiary/aromatic N) is 1. The Morgan fingerprint density at radius 2 is 2.21 bits per heavy atom. The van der Waals surface area contributed by atoms with Gasteiger partial charge in [0, 0.05) is 11.8 Å². The second kappa shape index (κ2) is 7.82. The van der Waals surface area contributed by atoms with E-state index in [1.54, 1.807) is 0 Å². The predicted octanol–water partition coefficient (Wildman–Crippen LogP) is 3.02. The van der Waals surface area contributed by atoms with Crippen molar-refractivity contribution >= 4 is 34.8 Å². The van der Waals surface area contributed by atoms with Crippen LogP contribution in [-0.2, 0) is 4.79 Å². The Morgan fingerprint density at radius 3 is 2.79 bits per heavy atom. The van der Waals surface area contributed by atoms with E-state index in [-0.39, 0.29) is 18.3 Å². The molecule has 1 saturated heterocycles. The molecule has 0 aliphatic carbocycles.